The van der Waals surface area contributed by atoms with Crippen LogP contribution in [0.25, 0.3) is 0 Å². The molecule has 2 aromatic carbocycles. The number of carbonyl (C=O) groups excluding carboxylic acids is 2. The van der Waals surface area contributed by atoms with Crippen LogP contribution in [0.1, 0.15) is 34.3 Å². The first-order chi connectivity index (χ1) is 14.0. The Balaban J connectivity index is 1.34. The predicted octanol–water partition coefficient (Wildman–Crippen LogP) is 3.03. The summed E-state index contributed by atoms with van der Waals surface area (Å²) < 4.78 is 0. The van der Waals surface area contributed by atoms with Crippen LogP contribution in [0.5, 0.6) is 0 Å². The average Bonchev–Trinajstić information content (AvgIpc) is 2.78. The topological polar surface area (TPSA) is 83.8 Å². The third-order valence-electron chi connectivity index (χ3n) is 5.90. The van der Waals surface area contributed by atoms with Crippen molar-refractivity contribution in [3.63, 3.8) is 0 Å². The maximum atomic E-state index is 13.0. The number of benzene rings is 2. The molecule has 1 saturated heterocycles. The van der Waals surface area contributed by atoms with E-state index in [1.54, 1.807) is 4.90 Å². The molecule has 0 unspecified atom stereocenters. The van der Waals surface area contributed by atoms with Gasteiger partial charge in [0, 0.05) is 49.8 Å². The van der Waals surface area contributed by atoms with Gasteiger partial charge in [-0.15, -0.1) is 0 Å². The first-order valence-corrected chi connectivity index (χ1v) is 9.92. The van der Waals surface area contributed by atoms with Crippen LogP contribution in [-0.2, 0) is 17.8 Å². The van der Waals surface area contributed by atoms with E-state index in [4.69, 9.17) is 0 Å². The molecule has 7 nitrogen and oxygen atoms in total. The zero-order valence-corrected chi connectivity index (χ0v) is 16.1. The van der Waals surface area contributed by atoms with Gasteiger partial charge in [0.25, 0.3) is 11.6 Å². The number of hydrogen-bond donors (Lipinski definition) is 0. The van der Waals surface area contributed by atoms with Gasteiger partial charge in [0.15, 0.2) is 0 Å². The van der Waals surface area contributed by atoms with Crippen LogP contribution in [0.4, 0.5) is 5.69 Å². The predicted molar refractivity (Wildman–Crippen MR) is 107 cm³/mol. The van der Waals surface area contributed by atoms with Gasteiger partial charge in [-0.2, -0.15) is 0 Å². The fourth-order valence-electron chi connectivity index (χ4n) is 4.18. The summed E-state index contributed by atoms with van der Waals surface area (Å²) in [6.45, 7) is 2.46. The van der Waals surface area contributed by atoms with Crippen LogP contribution in [0.2, 0.25) is 0 Å². The van der Waals surface area contributed by atoms with Crippen LogP contribution in [-0.4, -0.2) is 46.2 Å². The molecule has 7 heteroatoms. The van der Waals surface area contributed by atoms with E-state index in [0.29, 0.717) is 38.0 Å². The van der Waals surface area contributed by atoms with Crippen molar-refractivity contribution in [2.75, 3.05) is 19.6 Å². The first kappa shape index (κ1) is 19.1. The molecule has 0 radical (unpaired) electrons. The van der Waals surface area contributed by atoms with Gasteiger partial charge < -0.3 is 9.80 Å². The molecule has 2 aromatic rings. The Hall–Kier alpha value is -3.22. The number of nitro groups is 1. The number of piperidine rings is 1. The number of nitro benzene ring substituents is 1. The summed E-state index contributed by atoms with van der Waals surface area (Å²) >= 11 is 0. The summed E-state index contributed by atoms with van der Waals surface area (Å²) in [6, 6.07) is 13.9. The van der Waals surface area contributed by atoms with Gasteiger partial charge in [0.2, 0.25) is 5.91 Å². The minimum absolute atomic E-state index is 0.0334. The summed E-state index contributed by atoms with van der Waals surface area (Å²) in [5.74, 6) is -0.0131. The molecule has 2 aliphatic heterocycles. The molecule has 0 aliphatic carbocycles. The van der Waals surface area contributed by atoms with Gasteiger partial charge >= 0.3 is 0 Å². The fraction of sp³-hybridized carbons (Fsp3) is 0.364. The van der Waals surface area contributed by atoms with Crippen molar-refractivity contribution in [1.82, 2.24) is 9.80 Å². The van der Waals surface area contributed by atoms with Crippen LogP contribution < -0.4 is 0 Å². The van der Waals surface area contributed by atoms with Crippen LogP contribution in [0.3, 0.4) is 0 Å². The zero-order valence-electron chi connectivity index (χ0n) is 16.1. The smallest absolute Gasteiger partial charge is 0.269 e. The Morgan fingerprint density at radius 3 is 2.21 bits per heavy atom. The van der Waals surface area contributed by atoms with Crippen molar-refractivity contribution in [2.24, 2.45) is 5.92 Å². The molecule has 1 fully saturated rings. The first-order valence-electron chi connectivity index (χ1n) is 9.92. The Labute approximate surface area is 169 Å². The van der Waals surface area contributed by atoms with E-state index in [1.807, 2.05) is 17.0 Å². The van der Waals surface area contributed by atoms with Crippen molar-refractivity contribution < 1.29 is 14.5 Å². The Morgan fingerprint density at radius 2 is 1.55 bits per heavy atom. The molecule has 2 aliphatic rings. The highest BCUT2D eigenvalue weighted by Gasteiger charge is 2.31. The molecule has 150 valence electrons. The van der Waals surface area contributed by atoms with Gasteiger partial charge in [-0.05, 0) is 42.5 Å². The molecule has 0 aromatic heterocycles. The van der Waals surface area contributed by atoms with E-state index in [2.05, 4.69) is 12.1 Å². The lowest BCUT2D eigenvalue weighted by Gasteiger charge is -2.36. The largest absolute Gasteiger partial charge is 0.339 e. The van der Waals surface area contributed by atoms with Gasteiger partial charge in [0.1, 0.15) is 0 Å². The molecule has 0 atom stereocenters. The maximum Gasteiger partial charge on any atom is 0.269 e. The van der Waals surface area contributed by atoms with E-state index in [-0.39, 0.29) is 23.4 Å². The minimum Gasteiger partial charge on any atom is -0.339 e. The Kier molecular flexibility index (Phi) is 5.29. The van der Waals surface area contributed by atoms with E-state index < -0.39 is 4.92 Å². The highest BCUT2D eigenvalue weighted by Crippen LogP contribution is 2.25. The summed E-state index contributed by atoms with van der Waals surface area (Å²) in [6.07, 6.45) is 2.19. The van der Waals surface area contributed by atoms with Crippen molar-refractivity contribution in [1.29, 1.82) is 0 Å². The van der Waals surface area contributed by atoms with Crippen LogP contribution >= 0.6 is 0 Å². The lowest BCUT2D eigenvalue weighted by Crippen LogP contribution is -2.45. The van der Waals surface area contributed by atoms with Crippen molar-refractivity contribution in [3.8, 4) is 0 Å². The molecular formula is C22H23N3O4. The molecule has 0 N–H and O–H groups in total. The maximum absolute atomic E-state index is 13.0. The van der Waals surface area contributed by atoms with Crippen molar-refractivity contribution in [3.05, 3.63) is 75.3 Å². The lowest BCUT2D eigenvalue weighted by atomic mass is 9.92. The van der Waals surface area contributed by atoms with Crippen LogP contribution in [0, 0.1) is 16.0 Å². The number of carbonyl (C=O) groups is 2. The Morgan fingerprint density at radius 1 is 0.897 bits per heavy atom. The summed E-state index contributed by atoms with van der Waals surface area (Å²) in [7, 11) is 0. The molecule has 0 spiro atoms. The highest BCUT2D eigenvalue weighted by molar-refractivity contribution is 5.94. The van der Waals surface area contributed by atoms with Gasteiger partial charge in [0.05, 0.1) is 4.92 Å². The number of amides is 2. The lowest BCUT2D eigenvalue weighted by molar-refractivity contribution is -0.384. The second-order valence-corrected chi connectivity index (χ2v) is 7.65. The van der Waals surface area contributed by atoms with Crippen molar-refractivity contribution in [2.45, 2.75) is 25.8 Å². The van der Waals surface area contributed by atoms with E-state index in [9.17, 15) is 19.7 Å². The SMILES string of the molecule is O=C(c1ccc([N+](=O)[O-])cc1)N1CCC(C(=O)N2CCc3ccccc3C2)CC1. The second kappa shape index (κ2) is 8.03. The van der Waals surface area contributed by atoms with E-state index in [1.165, 1.54) is 35.4 Å². The Bertz CT molecular complexity index is 933. The molecule has 4 rings (SSSR count). The standard InChI is InChI=1S/C22H23N3O4/c26-21(17-5-7-20(8-6-17)25(28)29)23-12-10-18(11-13-23)22(27)24-14-9-16-3-1-2-4-19(16)15-24/h1-8,18H,9-15H2. The third kappa shape index (κ3) is 3.99. The molecule has 0 bridgehead atoms. The summed E-state index contributed by atoms with van der Waals surface area (Å²) in [5, 5.41) is 10.8. The molecular weight excluding hydrogens is 370 g/mol. The minimum atomic E-state index is -0.482. The number of fused-ring (bicyclic) bond motifs is 1. The molecule has 0 saturated carbocycles. The molecule has 2 heterocycles. The van der Waals surface area contributed by atoms with Gasteiger partial charge in [-0.25, -0.2) is 0 Å². The van der Waals surface area contributed by atoms with E-state index in [0.717, 1.165) is 13.0 Å². The average molecular weight is 393 g/mol. The van der Waals surface area contributed by atoms with Gasteiger partial charge in [-0.3, -0.25) is 19.7 Å². The normalized spacial score (nSPS) is 17.0. The monoisotopic (exact) mass is 393 g/mol. The number of non-ortho nitro benzene ring substituents is 1. The second-order valence-electron chi connectivity index (χ2n) is 7.65. The third-order valence-corrected chi connectivity index (χ3v) is 5.90. The molecule has 29 heavy (non-hydrogen) atoms. The van der Waals surface area contributed by atoms with Crippen LogP contribution in [0.15, 0.2) is 48.5 Å². The highest BCUT2D eigenvalue weighted by atomic mass is 16.6. The number of hydrogen-bond acceptors (Lipinski definition) is 4. The number of rotatable bonds is 3. The van der Waals surface area contributed by atoms with Crippen molar-refractivity contribution >= 4 is 17.5 Å². The van der Waals surface area contributed by atoms with Gasteiger partial charge in [-0.1, -0.05) is 24.3 Å². The summed E-state index contributed by atoms with van der Waals surface area (Å²) in [5.41, 5.74) is 2.94. The fourth-order valence-corrected chi connectivity index (χ4v) is 4.18. The quantitative estimate of drug-likeness (QED) is 0.593. The zero-order chi connectivity index (χ0) is 20.4. The number of likely N-dealkylation sites (tertiary alicyclic amines) is 1. The number of nitrogens with zero attached hydrogens (tertiary/aromatic N) is 3. The molecule has 2 amide bonds. The van der Waals surface area contributed by atoms with E-state index >= 15 is 0 Å². The summed E-state index contributed by atoms with van der Waals surface area (Å²) in [4.78, 5) is 39.6.